The van der Waals surface area contributed by atoms with Crippen LogP contribution in [0.4, 0.5) is 5.69 Å². The molecule has 33 heavy (non-hydrogen) atoms. The van der Waals surface area contributed by atoms with Gasteiger partial charge in [0, 0.05) is 22.7 Å². The lowest BCUT2D eigenvalue weighted by molar-refractivity contribution is -0.136. The average molecular weight is 465 g/mol. The molecular formula is C26H28N2O4S. The van der Waals surface area contributed by atoms with Gasteiger partial charge < -0.3 is 20.9 Å². The molecule has 6 nitrogen and oxygen atoms in total. The molecule has 4 rings (SSSR count). The van der Waals surface area contributed by atoms with Crippen molar-refractivity contribution < 1.29 is 19.4 Å². The van der Waals surface area contributed by atoms with Gasteiger partial charge in [0.1, 0.15) is 11.9 Å². The van der Waals surface area contributed by atoms with Crippen molar-refractivity contribution in [3.63, 3.8) is 0 Å². The van der Waals surface area contributed by atoms with Crippen LogP contribution in [0.5, 0.6) is 5.75 Å². The number of aryl methyl sites for hydroxylation is 1. The summed E-state index contributed by atoms with van der Waals surface area (Å²) >= 11 is 1.40. The molecule has 2 heterocycles. The molecule has 7 heteroatoms. The highest BCUT2D eigenvalue weighted by Crippen LogP contribution is 2.47. The van der Waals surface area contributed by atoms with Crippen LogP contribution in [-0.2, 0) is 4.79 Å². The van der Waals surface area contributed by atoms with Gasteiger partial charge >= 0.3 is 5.97 Å². The Balaban J connectivity index is 1.57. The largest absolute Gasteiger partial charge is 0.485 e. The molecule has 0 spiro atoms. The molecule has 0 fully saturated rings. The number of carboxylic acids is 1. The van der Waals surface area contributed by atoms with E-state index in [1.54, 1.807) is 6.07 Å². The Hall–Kier alpha value is -3.32. The number of rotatable bonds is 6. The Labute approximate surface area is 197 Å². The van der Waals surface area contributed by atoms with Crippen molar-refractivity contribution in [1.29, 1.82) is 0 Å². The smallest absolute Gasteiger partial charge is 0.305 e. The fourth-order valence-electron chi connectivity index (χ4n) is 4.60. The number of amides is 1. The normalized spacial score (nSPS) is 17.2. The lowest BCUT2D eigenvalue weighted by Crippen LogP contribution is -2.25. The number of nitrogens with one attached hydrogen (secondary N) is 1. The number of thiophene rings is 1. The van der Waals surface area contributed by atoms with Crippen molar-refractivity contribution in [2.75, 3.05) is 12.3 Å². The highest BCUT2D eigenvalue weighted by atomic mass is 32.1. The molecule has 3 aromatic rings. The van der Waals surface area contributed by atoms with Gasteiger partial charge in [-0.1, -0.05) is 19.1 Å². The molecule has 4 N–H and O–H groups in total. The van der Waals surface area contributed by atoms with E-state index in [0.717, 1.165) is 33.9 Å². The third-order valence-corrected chi connectivity index (χ3v) is 7.28. The van der Waals surface area contributed by atoms with E-state index in [4.69, 9.17) is 15.6 Å². The number of hydrogen-bond acceptors (Lipinski definition) is 5. The van der Waals surface area contributed by atoms with Gasteiger partial charge in [-0.25, -0.2) is 0 Å². The SMILES string of the molecule is Cc1cc2c(c(C)c1-c1ccc(N)cc1)C(C)CC(c1ccc(C(=O)NCCC(=O)O)s1)O2. The molecule has 1 amide bonds. The first-order valence-electron chi connectivity index (χ1n) is 11.0. The Bertz CT molecular complexity index is 1200. The van der Waals surface area contributed by atoms with E-state index in [9.17, 15) is 9.59 Å². The predicted octanol–water partition coefficient (Wildman–Crippen LogP) is 5.45. The fraction of sp³-hybridized carbons (Fsp3) is 0.308. The molecule has 2 atom stereocenters. The zero-order valence-corrected chi connectivity index (χ0v) is 19.8. The maximum atomic E-state index is 12.3. The van der Waals surface area contributed by atoms with Crippen molar-refractivity contribution in [3.05, 3.63) is 68.9 Å². The van der Waals surface area contributed by atoms with Crippen molar-refractivity contribution >= 4 is 28.9 Å². The zero-order valence-electron chi connectivity index (χ0n) is 19.0. The molecule has 0 bridgehead atoms. The minimum Gasteiger partial charge on any atom is -0.485 e. The van der Waals surface area contributed by atoms with Crippen LogP contribution < -0.4 is 15.8 Å². The van der Waals surface area contributed by atoms with Gasteiger partial charge in [0.2, 0.25) is 0 Å². The molecule has 0 saturated heterocycles. The lowest BCUT2D eigenvalue weighted by atomic mass is 9.83. The summed E-state index contributed by atoms with van der Waals surface area (Å²) in [7, 11) is 0. The maximum Gasteiger partial charge on any atom is 0.305 e. The molecule has 0 saturated carbocycles. The minimum atomic E-state index is -0.935. The summed E-state index contributed by atoms with van der Waals surface area (Å²) in [6.07, 6.45) is 0.596. The highest BCUT2D eigenvalue weighted by Gasteiger charge is 2.31. The molecule has 2 unspecified atom stereocenters. The Kier molecular flexibility index (Phi) is 6.42. The lowest BCUT2D eigenvalue weighted by Gasteiger charge is -2.33. The first-order chi connectivity index (χ1) is 15.7. The van der Waals surface area contributed by atoms with Crippen LogP contribution in [0.3, 0.4) is 0 Å². The van der Waals surface area contributed by atoms with Crippen molar-refractivity contribution in [1.82, 2.24) is 5.32 Å². The summed E-state index contributed by atoms with van der Waals surface area (Å²) in [5.41, 5.74) is 12.6. The Morgan fingerprint density at radius 3 is 2.61 bits per heavy atom. The van der Waals surface area contributed by atoms with Crippen LogP contribution in [0, 0.1) is 13.8 Å². The Morgan fingerprint density at radius 2 is 1.91 bits per heavy atom. The molecule has 0 radical (unpaired) electrons. The third-order valence-electron chi connectivity index (χ3n) is 6.11. The molecular weight excluding hydrogens is 436 g/mol. The molecule has 1 aromatic heterocycles. The maximum absolute atomic E-state index is 12.3. The molecule has 172 valence electrons. The number of aliphatic carboxylic acids is 1. The number of benzene rings is 2. The van der Waals surface area contributed by atoms with Crippen LogP contribution in [0.2, 0.25) is 0 Å². The minimum absolute atomic E-state index is 0.0962. The number of nitrogen functional groups attached to an aromatic ring is 1. The summed E-state index contributed by atoms with van der Waals surface area (Å²) in [5.74, 6) is 0.00258. The number of hydrogen-bond donors (Lipinski definition) is 3. The monoisotopic (exact) mass is 464 g/mol. The van der Waals surface area contributed by atoms with Crippen molar-refractivity contribution in [3.8, 4) is 16.9 Å². The van der Waals surface area contributed by atoms with E-state index >= 15 is 0 Å². The van der Waals surface area contributed by atoms with Gasteiger partial charge in [-0.2, -0.15) is 0 Å². The number of carboxylic acid groups (broad SMARTS) is 1. The summed E-state index contributed by atoms with van der Waals surface area (Å²) in [6.45, 7) is 6.58. The average Bonchev–Trinajstić information content (AvgIpc) is 3.24. The first-order valence-corrected chi connectivity index (χ1v) is 11.8. The van der Waals surface area contributed by atoms with E-state index in [-0.39, 0.29) is 25.0 Å². The highest BCUT2D eigenvalue weighted by molar-refractivity contribution is 7.14. The topological polar surface area (TPSA) is 102 Å². The molecule has 0 aliphatic carbocycles. The van der Waals surface area contributed by atoms with Gasteiger partial charge in [0.05, 0.1) is 11.3 Å². The number of carbonyl (C=O) groups excluding carboxylic acids is 1. The van der Waals surface area contributed by atoms with Crippen LogP contribution in [0.15, 0.2) is 42.5 Å². The summed E-state index contributed by atoms with van der Waals surface area (Å²) in [5, 5.41) is 11.4. The zero-order chi connectivity index (χ0) is 23.7. The third kappa shape index (κ3) is 4.73. The van der Waals surface area contributed by atoms with Crippen LogP contribution in [-0.4, -0.2) is 23.5 Å². The fourth-order valence-corrected chi connectivity index (χ4v) is 5.57. The van der Waals surface area contributed by atoms with Gasteiger partial charge in [-0.3, -0.25) is 9.59 Å². The summed E-state index contributed by atoms with van der Waals surface area (Å²) in [6, 6.07) is 13.8. The van der Waals surface area contributed by atoms with Gasteiger partial charge in [0.15, 0.2) is 0 Å². The number of nitrogens with two attached hydrogens (primary N) is 1. The standard InChI is InChI=1S/C26H28N2O4S/c1-14-13-20-25(16(3)24(14)17-4-6-18(27)7-5-17)15(2)12-19(32-20)21-8-9-22(33-21)26(31)28-11-10-23(29)30/h4-9,13,15,19H,10-12,27H2,1-3H3,(H,28,31)(H,29,30). The summed E-state index contributed by atoms with van der Waals surface area (Å²) < 4.78 is 6.45. The molecule has 2 aromatic carbocycles. The predicted molar refractivity (Wildman–Crippen MR) is 131 cm³/mol. The van der Waals surface area contributed by atoms with E-state index in [2.05, 4.69) is 44.3 Å². The van der Waals surface area contributed by atoms with Gasteiger partial charge in [-0.05, 0) is 78.8 Å². The van der Waals surface area contributed by atoms with Crippen LogP contribution in [0.25, 0.3) is 11.1 Å². The molecule has 1 aliphatic rings. The number of ether oxygens (including phenoxy) is 1. The van der Waals surface area contributed by atoms with E-state index in [0.29, 0.717) is 10.8 Å². The number of anilines is 1. The number of fused-ring (bicyclic) bond motifs is 1. The van der Waals surface area contributed by atoms with Crippen LogP contribution >= 0.6 is 11.3 Å². The van der Waals surface area contributed by atoms with Crippen molar-refractivity contribution in [2.24, 2.45) is 0 Å². The van der Waals surface area contributed by atoms with Gasteiger partial charge in [-0.15, -0.1) is 11.3 Å². The molecule has 1 aliphatic heterocycles. The van der Waals surface area contributed by atoms with Gasteiger partial charge in [0.25, 0.3) is 5.91 Å². The number of carbonyl (C=O) groups is 2. The van der Waals surface area contributed by atoms with E-state index in [1.807, 2.05) is 18.2 Å². The van der Waals surface area contributed by atoms with Crippen LogP contribution in [0.1, 0.15) is 63.0 Å². The first kappa shape index (κ1) is 22.9. The second kappa shape index (κ2) is 9.27. The van der Waals surface area contributed by atoms with Crippen molar-refractivity contribution in [2.45, 2.75) is 45.6 Å². The summed E-state index contributed by atoms with van der Waals surface area (Å²) in [4.78, 5) is 24.5. The second-order valence-electron chi connectivity index (χ2n) is 8.57. The quantitative estimate of drug-likeness (QED) is 0.421. The second-order valence-corrected chi connectivity index (χ2v) is 9.69. The Morgan fingerprint density at radius 1 is 1.18 bits per heavy atom. The van der Waals surface area contributed by atoms with E-state index < -0.39 is 5.97 Å². The van der Waals surface area contributed by atoms with E-state index in [1.165, 1.54) is 28.0 Å².